The third-order valence-corrected chi connectivity index (χ3v) is 2.50. The number of nitrogens with two attached hydrogens (primary N) is 1. The number of nitrogens with zero attached hydrogens (tertiary/aromatic N) is 2. The molecule has 0 aliphatic heterocycles. The second kappa shape index (κ2) is 5.80. The van der Waals surface area contributed by atoms with Gasteiger partial charge >= 0.3 is 0 Å². The average Bonchev–Trinajstić information content (AvgIpc) is 2.24. The smallest absolute Gasteiger partial charge is 0.159 e. The van der Waals surface area contributed by atoms with Gasteiger partial charge in [0.1, 0.15) is 11.9 Å². The molecule has 0 saturated heterocycles. The number of anilines is 1. The quantitative estimate of drug-likeness (QED) is 0.833. The highest BCUT2D eigenvalue weighted by Gasteiger charge is 2.15. The van der Waals surface area contributed by atoms with Crippen molar-refractivity contribution in [3.05, 3.63) is 17.6 Å². The van der Waals surface area contributed by atoms with E-state index in [1.807, 2.05) is 6.07 Å². The fourth-order valence-electron chi connectivity index (χ4n) is 1.56. The van der Waals surface area contributed by atoms with Gasteiger partial charge in [0.2, 0.25) is 0 Å². The van der Waals surface area contributed by atoms with E-state index in [2.05, 4.69) is 30.7 Å². The van der Waals surface area contributed by atoms with E-state index in [9.17, 15) is 0 Å². The van der Waals surface area contributed by atoms with Crippen molar-refractivity contribution < 1.29 is 4.74 Å². The van der Waals surface area contributed by atoms with Crippen LogP contribution in [0.5, 0.6) is 0 Å². The standard InChI is InChI=1S/C12H21N3O/c1-5-6-10(16-4)12-14-9(8(2)3)7-11(13)15-12/h7-8,10H,5-6H2,1-4H3,(H2,13,14,15). The van der Waals surface area contributed by atoms with Crippen molar-refractivity contribution in [3.63, 3.8) is 0 Å². The summed E-state index contributed by atoms with van der Waals surface area (Å²) in [7, 11) is 1.68. The first kappa shape index (κ1) is 12.9. The summed E-state index contributed by atoms with van der Waals surface area (Å²) in [5.41, 5.74) is 6.75. The molecule has 0 aliphatic carbocycles. The van der Waals surface area contributed by atoms with Gasteiger partial charge in [-0.1, -0.05) is 27.2 Å². The predicted octanol–water partition coefficient (Wildman–Crippen LogP) is 2.67. The Kier molecular flexibility index (Phi) is 4.68. The molecule has 1 rings (SSSR count). The lowest BCUT2D eigenvalue weighted by atomic mass is 10.1. The summed E-state index contributed by atoms with van der Waals surface area (Å²) in [6.45, 7) is 6.29. The Morgan fingerprint density at radius 2 is 2.06 bits per heavy atom. The molecule has 0 spiro atoms. The van der Waals surface area contributed by atoms with E-state index in [0.717, 1.165) is 18.5 Å². The molecule has 0 bridgehead atoms. The van der Waals surface area contributed by atoms with Crippen LogP contribution in [0.1, 0.15) is 57.2 Å². The molecule has 4 heteroatoms. The van der Waals surface area contributed by atoms with Crippen LogP contribution in [0.3, 0.4) is 0 Å². The second-order valence-corrected chi connectivity index (χ2v) is 4.24. The fraction of sp³-hybridized carbons (Fsp3) is 0.667. The van der Waals surface area contributed by atoms with Gasteiger partial charge < -0.3 is 10.5 Å². The van der Waals surface area contributed by atoms with Gasteiger partial charge in [0, 0.05) is 18.9 Å². The molecule has 16 heavy (non-hydrogen) atoms. The SMILES string of the molecule is CCCC(OC)c1nc(N)cc(C(C)C)n1. The summed E-state index contributed by atoms with van der Waals surface area (Å²) in [4.78, 5) is 8.75. The molecule has 1 aromatic rings. The number of aromatic nitrogens is 2. The van der Waals surface area contributed by atoms with Gasteiger partial charge in [0.05, 0.1) is 0 Å². The molecular formula is C12H21N3O. The number of hydrogen-bond donors (Lipinski definition) is 1. The number of methoxy groups -OCH3 is 1. The lowest BCUT2D eigenvalue weighted by Crippen LogP contribution is -2.10. The zero-order chi connectivity index (χ0) is 12.1. The maximum Gasteiger partial charge on any atom is 0.159 e. The van der Waals surface area contributed by atoms with Gasteiger partial charge in [0.25, 0.3) is 0 Å². The van der Waals surface area contributed by atoms with E-state index in [4.69, 9.17) is 10.5 Å². The number of rotatable bonds is 5. The highest BCUT2D eigenvalue weighted by molar-refractivity contribution is 5.31. The fourth-order valence-corrected chi connectivity index (χ4v) is 1.56. The molecule has 0 aromatic carbocycles. The van der Waals surface area contributed by atoms with Gasteiger partial charge in [-0.2, -0.15) is 0 Å². The van der Waals surface area contributed by atoms with Crippen molar-refractivity contribution in [3.8, 4) is 0 Å². The lowest BCUT2D eigenvalue weighted by molar-refractivity contribution is 0.0875. The van der Waals surface area contributed by atoms with Crippen LogP contribution in [-0.2, 0) is 4.74 Å². The molecule has 90 valence electrons. The third kappa shape index (κ3) is 3.17. The molecule has 0 aliphatic rings. The Morgan fingerprint density at radius 3 is 2.56 bits per heavy atom. The highest BCUT2D eigenvalue weighted by atomic mass is 16.5. The van der Waals surface area contributed by atoms with Crippen LogP contribution in [0, 0.1) is 0 Å². The predicted molar refractivity (Wildman–Crippen MR) is 65.2 cm³/mol. The minimum atomic E-state index is -0.0500. The second-order valence-electron chi connectivity index (χ2n) is 4.24. The normalized spacial score (nSPS) is 13.1. The Labute approximate surface area is 97.2 Å². The van der Waals surface area contributed by atoms with Gasteiger partial charge in [-0.15, -0.1) is 0 Å². The maximum atomic E-state index is 5.78. The molecule has 1 aromatic heterocycles. The van der Waals surface area contributed by atoms with Crippen molar-refractivity contribution in [2.45, 2.75) is 45.6 Å². The number of hydrogen-bond acceptors (Lipinski definition) is 4. The summed E-state index contributed by atoms with van der Waals surface area (Å²) in [5.74, 6) is 1.57. The zero-order valence-corrected chi connectivity index (χ0v) is 10.5. The Balaban J connectivity index is 3.02. The molecule has 4 nitrogen and oxygen atoms in total. The van der Waals surface area contributed by atoms with E-state index in [1.54, 1.807) is 7.11 Å². The van der Waals surface area contributed by atoms with E-state index < -0.39 is 0 Å². The maximum absolute atomic E-state index is 5.78. The first-order valence-electron chi connectivity index (χ1n) is 5.75. The Bertz CT molecular complexity index is 339. The molecule has 1 atom stereocenters. The average molecular weight is 223 g/mol. The first-order valence-corrected chi connectivity index (χ1v) is 5.75. The molecular weight excluding hydrogens is 202 g/mol. The minimum absolute atomic E-state index is 0.0500. The third-order valence-electron chi connectivity index (χ3n) is 2.50. The van der Waals surface area contributed by atoms with Crippen LogP contribution in [0.25, 0.3) is 0 Å². The van der Waals surface area contributed by atoms with Crippen molar-refractivity contribution in [2.24, 2.45) is 0 Å². The topological polar surface area (TPSA) is 61.0 Å². The molecule has 0 fully saturated rings. The lowest BCUT2D eigenvalue weighted by Gasteiger charge is -2.15. The van der Waals surface area contributed by atoms with Gasteiger partial charge in [0.15, 0.2) is 5.82 Å². The first-order chi connectivity index (χ1) is 7.58. The van der Waals surface area contributed by atoms with E-state index in [1.165, 1.54) is 0 Å². The van der Waals surface area contributed by atoms with Crippen molar-refractivity contribution >= 4 is 5.82 Å². The number of nitrogen functional groups attached to an aromatic ring is 1. The van der Waals surface area contributed by atoms with Crippen LogP contribution in [0.2, 0.25) is 0 Å². The van der Waals surface area contributed by atoms with Gasteiger partial charge in [-0.25, -0.2) is 9.97 Å². The summed E-state index contributed by atoms with van der Waals surface area (Å²) < 4.78 is 5.39. The van der Waals surface area contributed by atoms with Crippen LogP contribution in [-0.4, -0.2) is 17.1 Å². The van der Waals surface area contributed by atoms with E-state index in [0.29, 0.717) is 17.6 Å². The molecule has 1 unspecified atom stereocenters. The van der Waals surface area contributed by atoms with E-state index in [-0.39, 0.29) is 6.10 Å². The van der Waals surface area contributed by atoms with Crippen LogP contribution in [0.4, 0.5) is 5.82 Å². The van der Waals surface area contributed by atoms with E-state index >= 15 is 0 Å². The van der Waals surface area contributed by atoms with Crippen LogP contribution >= 0.6 is 0 Å². The van der Waals surface area contributed by atoms with Gasteiger partial charge in [-0.05, 0) is 12.3 Å². The highest BCUT2D eigenvalue weighted by Crippen LogP contribution is 2.22. The minimum Gasteiger partial charge on any atom is -0.384 e. The summed E-state index contributed by atoms with van der Waals surface area (Å²) in [6, 6.07) is 1.83. The Morgan fingerprint density at radius 1 is 1.38 bits per heavy atom. The van der Waals surface area contributed by atoms with Crippen molar-refractivity contribution in [2.75, 3.05) is 12.8 Å². The summed E-state index contributed by atoms with van der Waals surface area (Å²) in [5, 5.41) is 0. The zero-order valence-electron chi connectivity index (χ0n) is 10.5. The molecule has 2 N–H and O–H groups in total. The Hall–Kier alpha value is -1.16. The molecule has 0 saturated carbocycles. The van der Waals surface area contributed by atoms with Gasteiger partial charge in [-0.3, -0.25) is 0 Å². The number of ether oxygens (including phenoxy) is 1. The summed E-state index contributed by atoms with van der Waals surface area (Å²) >= 11 is 0. The molecule has 0 amide bonds. The largest absolute Gasteiger partial charge is 0.384 e. The monoisotopic (exact) mass is 223 g/mol. The van der Waals surface area contributed by atoms with Crippen LogP contribution < -0.4 is 5.73 Å². The molecule has 0 radical (unpaired) electrons. The van der Waals surface area contributed by atoms with Crippen molar-refractivity contribution in [1.82, 2.24) is 9.97 Å². The molecule has 1 heterocycles. The van der Waals surface area contributed by atoms with Crippen LogP contribution in [0.15, 0.2) is 6.07 Å². The van der Waals surface area contributed by atoms with Crippen molar-refractivity contribution in [1.29, 1.82) is 0 Å². The summed E-state index contributed by atoms with van der Waals surface area (Å²) in [6.07, 6.45) is 1.90.